The maximum atomic E-state index is 13.5. The van der Waals surface area contributed by atoms with Crippen LogP contribution in [0.3, 0.4) is 0 Å². The predicted octanol–water partition coefficient (Wildman–Crippen LogP) is 2.55. The minimum atomic E-state index is -1.27. The van der Waals surface area contributed by atoms with Gasteiger partial charge in [0.2, 0.25) is 0 Å². The van der Waals surface area contributed by atoms with Gasteiger partial charge in [0, 0.05) is 11.1 Å². The number of carboxylic acid groups (broad SMARTS) is 1. The Kier molecular flexibility index (Phi) is 5.43. The van der Waals surface area contributed by atoms with Crippen LogP contribution in [0.1, 0.15) is 13.8 Å². The first-order valence-corrected chi connectivity index (χ1v) is 6.09. The fourth-order valence-corrected chi connectivity index (χ4v) is 1.46. The molecule has 0 spiro atoms. The average molecular weight is 315 g/mol. The van der Waals surface area contributed by atoms with E-state index >= 15 is 0 Å². The molecule has 0 unspecified atom stereocenters. The van der Waals surface area contributed by atoms with Gasteiger partial charge in [0.15, 0.2) is 5.82 Å². The van der Waals surface area contributed by atoms with E-state index < -0.39 is 23.7 Å². The zero-order chi connectivity index (χ0) is 16.2. The average Bonchev–Trinajstić information content (AvgIpc) is 2.41. The second-order valence-electron chi connectivity index (χ2n) is 4.06. The number of hydrogen-bond donors (Lipinski definition) is 3. The van der Waals surface area contributed by atoms with Crippen molar-refractivity contribution < 1.29 is 23.9 Å². The molecule has 0 aliphatic rings. The van der Waals surface area contributed by atoms with Crippen molar-refractivity contribution in [2.75, 3.05) is 5.32 Å². The zero-order valence-corrected chi connectivity index (χ0v) is 11.9. The molecule has 0 atom stereocenters. The number of imide groups is 1. The monoisotopic (exact) mass is 314 g/mol. The van der Waals surface area contributed by atoms with Crippen LogP contribution in [0.5, 0.6) is 0 Å². The molecule has 6 nitrogen and oxygen atoms in total. The molecule has 1 aromatic carbocycles. The van der Waals surface area contributed by atoms with Gasteiger partial charge in [-0.25, -0.2) is 14.0 Å². The van der Waals surface area contributed by atoms with Crippen molar-refractivity contribution in [2.24, 2.45) is 0 Å². The van der Waals surface area contributed by atoms with Crippen LogP contribution in [0.25, 0.3) is 0 Å². The van der Waals surface area contributed by atoms with E-state index in [1.165, 1.54) is 32.0 Å². The Bertz CT molecular complexity index is 643. The molecule has 21 heavy (non-hydrogen) atoms. The summed E-state index contributed by atoms with van der Waals surface area (Å²) in [5.41, 5.74) is -0.539. The van der Waals surface area contributed by atoms with Crippen molar-refractivity contribution in [1.82, 2.24) is 5.32 Å². The van der Waals surface area contributed by atoms with Crippen molar-refractivity contribution in [3.05, 3.63) is 40.2 Å². The van der Waals surface area contributed by atoms with Gasteiger partial charge in [0.25, 0.3) is 5.91 Å². The number of nitrogens with one attached hydrogen (secondary N) is 2. The Morgan fingerprint density at radius 1 is 1.19 bits per heavy atom. The number of amides is 3. The van der Waals surface area contributed by atoms with Gasteiger partial charge < -0.3 is 10.4 Å². The van der Waals surface area contributed by atoms with Crippen LogP contribution in [-0.2, 0) is 9.59 Å². The van der Waals surface area contributed by atoms with Crippen molar-refractivity contribution in [3.63, 3.8) is 0 Å². The molecule has 0 aliphatic heterocycles. The molecule has 112 valence electrons. The molecule has 8 heteroatoms. The highest BCUT2D eigenvalue weighted by atomic mass is 35.5. The number of hydrogen-bond acceptors (Lipinski definition) is 3. The number of carbonyl (C=O) groups excluding carboxylic acids is 2. The number of urea groups is 1. The van der Waals surface area contributed by atoms with E-state index in [1.54, 1.807) is 0 Å². The summed E-state index contributed by atoms with van der Waals surface area (Å²) in [7, 11) is 0. The Labute approximate surface area is 124 Å². The lowest BCUT2D eigenvalue weighted by Gasteiger charge is -2.09. The van der Waals surface area contributed by atoms with Gasteiger partial charge >= 0.3 is 12.0 Å². The molecular formula is C13H12ClFN2O4. The quantitative estimate of drug-likeness (QED) is 0.747. The highest BCUT2D eigenvalue weighted by Gasteiger charge is 2.16. The Hall–Kier alpha value is -2.41. The lowest BCUT2D eigenvalue weighted by molar-refractivity contribution is -0.133. The first kappa shape index (κ1) is 16.6. The second kappa shape index (κ2) is 6.85. The van der Waals surface area contributed by atoms with Crippen LogP contribution in [0.15, 0.2) is 29.3 Å². The molecule has 1 aromatic rings. The van der Waals surface area contributed by atoms with E-state index in [0.717, 1.165) is 0 Å². The Morgan fingerprint density at radius 2 is 1.81 bits per heavy atom. The highest BCUT2D eigenvalue weighted by Crippen LogP contribution is 2.21. The summed E-state index contributed by atoms with van der Waals surface area (Å²) in [5.74, 6) is -3.01. The zero-order valence-electron chi connectivity index (χ0n) is 11.2. The van der Waals surface area contributed by atoms with Gasteiger partial charge in [-0.1, -0.05) is 17.7 Å². The van der Waals surface area contributed by atoms with Gasteiger partial charge in [0.05, 0.1) is 10.7 Å². The fraction of sp³-hybridized carbons (Fsp3) is 0.154. The van der Waals surface area contributed by atoms with Gasteiger partial charge in [-0.3, -0.25) is 10.1 Å². The third-order valence-corrected chi connectivity index (χ3v) is 2.94. The lowest BCUT2D eigenvalue weighted by Crippen LogP contribution is -2.35. The van der Waals surface area contributed by atoms with Crippen LogP contribution in [0.4, 0.5) is 14.9 Å². The molecule has 0 heterocycles. The summed E-state index contributed by atoms with van der Waals surface area (Å²) >= 11 is 5.54. The Morgan fingerprint density at radius 3 is 2.38 bits per heavy atom. The van der Waals surface area contributed by atoms with Crippen molar-refractivity contribution in [1.29, 1.82) is 0 Å². The SMILES string of the molecule is CC(C(=O)O)=C(C)C(=O)NC(=O)Nc1cccc(Cl)c1F. The molecule has 0 aromatic heterocycles. The topological polar surface area (TPSA) is 95.5 Å². The summed E-state index contributed by atoms with van der Waals surface area (Å²) < 4.78 is 13.5. The van der Waals surface area contributed by atoms with E-state index in [2.05, 4.69) is 5.32 Å². The molecule has 0 fully saturated rings. The number of carbonyl (C=O) groups is 3. The van der Waals surface area contributed by atoms with Crippen LogP contribution < -0.4 is 10.6 Å². The van der Waals surface area contributed by atoms with Gasteiger partial charge in [-0.05, 0) is 26.0 Å². The summed E-state index contributed by atoms with van der Waals surface area (Å²) in [6.45, 7) is 2.48. The third kappa shape index (κ3) is 4.28. The molecule has 0 saturated heterocycles. The molecule has 3 amide bonds. The highest BCUT2D eigenvalue weighted by molar-refractivity contribution is 6.31. The lowest BCUT2D eigenvalue weighted by atomic mass is 10.1. The number of halogens is 2. The first-order valence-electron chi connectivity index (χ1n) is 5.71. The van der Waals surface area contributed by atoms with Crippen molar-refractivity contribution in [3.8, 4) is 0 Å². The summed E-state index contributed by atoms with van der Waals surface area (Å²) in [4.78, 5) is 33.9. The van der Waals surface area contributed by atoms with E-state index in [1.807, 2.05) is 5.32 Å². The minimum Gasteiger partial charge on any atom is -0.478 e. The van der Waals surface area contributed by atoms with Gasteiger partial charge in [0.1, 0.15) is 0 Å². The van der Waals surface area contributed by atoms with Crippen LogP contribution in [0.2, 0.25) is 5.02 Å². The number of carboxylic acids is 1. The molecule has 0 bridgehead atoms. The van der Waals surface area contributed by atoms with Crippen molar-refractivity contribution >= 4 is 35.2 Å². The van der Waals surface area contributed by atoms with Crippen LogP contribution in [0, 0.1) is 5.82 Å². The van der Waals surface area contributed by atoms with Crippen LogP contribution in [-0.4, -0.2) is 23.0 Å². The standard InChI is InChI=1S/C13H12ClFN2O4/c1-6(7(2)12(19)20)11(18)17-13(21)16-9-5-3-4-8(14)10(9)15/h3-5H,1-2H3,(H,19,20)(H2,16,17,18,21). The van der Waals surface area contributed by atoms with Gasteiger partial charge in [-0.2, -0.15) is 0 Å². The summed E-state index contributed by atoms with van der Waals surface area (Å²) in [6, 6.07) is 2.98. The molecule has 3 N–H and O–H groups in total. The Balaban J connectivity index is 2.79. The normalized spacial score (nSPS) is 11.4. The number of rotatable bonds is 3. The predicted molar refractivity (Wildman–Crippen MR) is 74.6 cm³/mol. The van der Waals surface area contributed by atoms with E-state index in [-0.39, 0.29) is 21.9 Å². The van der Waals surface area contributed by atoms with E-state index in [9.17, 15) is 18.8 Å². The molecule has 0 aliphatic carbocycles. The maximum absolute atomic E-state index is 13.5. The molecule has 0 radical (unpaired) electrons. The molecule has 1 rings (SSSR count). The largest absolute Gasteiger partial charge is 0.478 e. The minimum absolute atomic E-state index is 0.135. The summed E-state index contributed by atoms with van der Waals surface area (Å²) in [5, 5.41) is 12.5. The smallest absolute Gasteiger partial charge is 0.331 e. The maximum Gasteiger partial charge on any atom is 0.331 e. The number of anilines is 1. The van der Waals surface area contributed by atoms with Crippen molar-refractivity contribution in [2.45, 2.75) is 13.8 Å². The number of benzene rings is 1. The van der Waals surface area contributed by atoms with Gasteiger partial charge in [-0.15, -0.1) is 0 Å². The third-order valence-electron chi connectivity index (χ3n) is 2.65. The molecule has 0 saturated carbocycles. The summed E-state index contributed by atoms with van der Waals surface area (Å²) in [6.07, 6.45) is 0. The first-order chi connectivity index (χ1) is 9.73. The second-order valence-corrected chi connectivity index (χ2v) is 4.47. The number of aliphatic carboxylic acids is 1. The van der Waals surface area contributed by atoms with E-state index in [4.69, 9.17) is 16.7 Å². The van der Waals surface area contributed by atoms with Crippen LogP contribution >= 0.6 is 11.6 Å². The van der Waals surface area contributed by atoms with E-state index in [0.29, 0.717) is 0 Å². The fourth-order valence-electron chi connectivity index (χ4n) is 1.28. The molecular weight excluding hydrogens is 303 g/mol.